The first-order chi connectivity index (χ1) is 8.72. The van der Waals surface area contributed by atoms with Crippen LogP contribution in [0.1, 0.15) is 38.5 Å². The molecule has 1 aliphatic carbocycles. The third-order valence-electron chi connectivity index (χ3n) is 3.99. The Morgan fingerprint density at radius 1 is 1.11 bits per heavy atom. The maximum atomic E-state index is 11.5. The molecule has 18 heavy (non-hydrogen) atoms. The number of carbonyl (C=O) groups is 2. The van der Waals surface area contributed by atoms with E-state index in [1.807, 2.05) is 0 Å². The van der Waals surface area contributed by atoms with Gasteiger partial charge in [-0.2, -0.15) is 0 Å². The van der Waals surface area contributed by atoms with Gasteiger partial charge in [0.2, 0.25) is 11.8 Å². The molecule has 2 fully saturated rings. The number of imide groups is 1. The summed E-state index contributed by atoms with van der Waals surface area (Å²) in [4.78, 5) is 26.6. The van der Waals surface area contributed by atoms with Crippen molar-refractivity contribution < 1.29 is 14.7 Å². The van der Waals surface area contributed by atoms with Gasteiger partial charge in [0.05, 0.1) is 6.61 Å². The van der Waals surface area contributed by atoms with E-state index in [2.05, 4.69) is 4.90 Å². The molecule has 2 amide bonds. The van der Waals surface area contributed by atoms with E-state index in [0.29, 0.717) is 38.5 Å². The van der Waals surface area contributed by atoms with Crippen LogP contribution in [-0.4, -0.2) is 59.0 Å². The lowest BCUT2D eigenvalue weighted by Crippen LogP contribution is -2.42. The van der Waals surface area contributed by atoms with Crippen molar-refractivity contribution in [3.05, 3.63) is 0 Å². The first kappa shape index (κ1) is 13.5. The molecule has 1 N–H and O–H groups in total. The zero-order valence-electron chi connectivity index (χ0n) is 10.8. The number of aliphatic hydroxyl groups excluding tert-OH is 1. The molecule has 1 aliphatic heterocycles. The fourth-order valence-electron chi connectivity index (χ4n) is 2.98. The van der Waals surface area contributed by atoms with Crippen LogP contribution in [0, 0.1) is 0 Å². The molecule has 0 spiro atoms. The maximum absolute atomic E-state index is 11.5. The normalized spacial score (nSPS) is 21.6. The summed E-state index contributed by atoms with van der Waals surface area (Å²) in [7, 11) is 0. The summed E-state index contributed by atoms with van der Waals surface area (Å²) >= 11 is 0. The van der Waals surface area contributed by atoms with Gasteiger partial charge >= 0.3 is 0 Å². The van der Waals surface area contributed by atoms with Gasteiger partial charge < -0.3 is 5.11 Å². The molecular weight excluding hydrogens is 232 g/mol. The van der Waals surface area contributed by atoms with Crippen molar-refractivity contribution in [3.8, 4) is 0 Å². The Morgan fingerprint density at radius 2 is 1.72 bits per heavy atom. The standard InChI is InChI=1S/C13H22N2O3/c16-10-9-14(11-3-1-2-4-11)7-8-15-12(17)5-6-13(15)18/h11,16H,1-10H2. The number of rotatable bonds is 6. The van der Waals surface area contributed by atoms with Gasteiger partial charge in [0.15, 0.2) is 0 Å². The van der Waals surface area contributed by atoms with Crippen LogP contribution >= 0.6 is 0 Å². The van der Waals surface area contributed by atoms with E-state index in [4.69, 9.17) is 5.11 Å². The molecule has 0 aromatic carbocycles. The smallest absolute Gasteiger partial charge is 0.229 e. The largest absolute Gasteiger partial charge is 0.395 e. The molecule has 2 rings (SSSR count). The van der Waals surface area contributed by atoms with Gasteiger partial charge in [0.25, 0.3) is 0 Å². The average Bonchev–Trinajstić information content (AvgIpc) is 2.97. The van der Waals surface area contributed by atoms with Gasteiger partial charge in [0, 0.05) is 38.5 Å². The molecule has 1 saturated heterocycles. The number of hydrogen-bond acceptors (Lipinski definition) is 4. The molecule has 0 radical (unpaired) electrons. The predicted molar refractivity (Wildman–Crippen MR) is 66.9 cm³/mol. The Hall–Kier alpha value is -0.940. The van der Waals surface area contributed by atoms with Crippen LogP contribution in [0.3, 0.4) is 0 Å². The topological polar surface area (TPSA) is 60.9 Å². The van der Waals surface area contributed by atoms with E-state index in [1.54, 1.807) is 0 Å². The zero-order chi connectivity index (χ0) is 13.0. The lowest BCUT2D eigenvalue weighted by atomic mass is 10.2. The van der Waals surface area contributed by atoms with E-state index in [-0.39, 0.29) is 18.4 Å². The molecule has 5 heteroatoms. The summed E-state index contributed by atoms with van der Waals surface area (Å²) in [5.74, 6) is -0.0919. The third-order valence-corrected chi connectivity index (χ3v) is 3.99. The molecule has 5 nitrogen and oxygen atoms in total. The number of aliphatic hydroxyl groups is 1. The van der Waals surface area contributed by atoms with Crippen molar-refractivity contribution >= 4 is 11.8 Å². The highest BCUT2D eigenvalue weighted by atomic mass is 16.3. The maximum Gasteiger partial charge on any atom is 0.229 e. The van der Waals surface area contributed by atoms with Crippen molar-refractivity contribution in [1.82, 2.24) is 9.80 Å². The van der Waals surface area contributed by atoms with Crippen LogP contribution in [0.5, 0.6) is 0 Å². The Kier molecular flexibility index (Phi) is 4.72. The summed E-state index contributed by atoms with van der Waals surface area (Å²) in [6, 6.07) is 0.518. The molecule has 0 bridgehead atoms. The fraction of sp³-hybridized carbons (Fsp3) is 0.846. The minimum absolute atomic E-state index is 0.0460. The van der Waals surface area contributed by atoms with Crippen molar-refractivity contribution in [2.75, 3.05) is 26.2 Å². The first-order valence-electron chi connectivity index (χ1n) is 6.90. The highest BCUT2D eigenvalue weighted by Gasteiger charge is 2.30. The van der Waals surface area contributed by atoms with Crippen LogP contribution in [-0.2, 0) is 9.59 Å². The lowest BCUT2D eigenvalue weighted by molar-refractivity contribution is -0.138. The van der Waals surface area contributed by atoms with E-state index < -0.39 is 0 Å². The monoisotopic (exact) mass is 254 g/mol. The van der Waals surface area contributed by atoms with Crippen LogP contribution in [0.4, 0.5) is 0 Å². The van der Waals surface area contributed by atoms with Gasteiger partial charge in [-0.15, -0.1) is 0 Å². The predicted octanol–water partition coefficient (Wildman–Crippen LogP) is 0.372. The van der Waals surface area contributed by atoms with Gasteiger partial charge in [-0.05, 0) is 12.8 Å². The number of likely N-dealkylation sites (tertiary alicyclic amines) is 1. The van der Waals surface area contributed by atoms with E-state index in [0.717, 1.165) is 0 Å². The van der Waals surface area contributed by atoms with Crippen molar-refractivity contribution in [1.29, 1.82) is 0 Å². The zero-order valence-corrected chi connectivity index (χ0v) is 10.8. The second kappa shape index (κ2) is 6.29. The highest BCUT2D eigenvalue weighted by molar-refractivity contribution is 6.01. The number of hydrogen-bond donors (Lipinski definition) is 1. The van der Waals surface area contributed by atoms with Crippen LogP contribution < -0.4 is 0 Å². The summed E-state index contributed by atoms with van der Waals surface area (Å²) in [6.07, 6.45) is 5.55. The van der Waals surface area contributed by atoms with Crippen LogP contribution in [0.2, 0.25) is 0 Å². The minimum atomic E-state index is -0.0460. The Labute approximate surface area is 108 Å². The molecule has 2 aliphatic rings. The van der Waals surface area contributed by atoms with E-state index >= 15 is 0 Å². The van der Waals surface area contributed by atoms with Crippen LogP contribution in [0.15, 0.2) is 0 Å². The van der Waals surface area contributed by atoms with Crippen LogP contribution in [0.25, 0.3) is 0 Å². The lowest BCUT2D eigenvalue weighted by Gasteiger charge is -2.29. The first-order valence-corrected chi connectivity index (χ1v) is 6.90. The fourth-order valence-corrected chi connectivity index (χ4v) is 2.98. The van der Waals surface area contributed by atoms with Gasteiger partial charge in [-0.1, -0.05) is 12.8 Å². The second-order valence-electron chi connectivity index (χ2n) is 5.14. The third kappa shape index (κ3) is 3.09. The summed E-state index contributed by atoms with van der Waals surface area (Å²) < 4.78 is 0. The molecule has 0 aromatic rings. The van der Waals surface area contributed by atoms with Crippen molar-refractivity contribution in [3.63, 3.8) is 0 Å². The van der Waals surface area contributed by atoms with E-state index in [9.17, 15) is 9.59 Å². The van der Waals surface area contributed by atoms with Crippen molar-refractivity contribution in [2.45, 2.75) is 44.6 Å². The molecule has 0 atom stereocenters. The number of amides is 2. The number of nitrogens with zero attached hydrogens (tertiary/aromatic N) is 2. The Morgan fingerprint density at radius 3 is 2.28 bits per heavy atom. The quantitative estimate of drug-likeness (QED) is 0.696. The highest BCUT2D eigenvalue weighted by Crippen LogP contribution is 2.23. The minimum Gasteiger partial charge on any atom is -0.395 e. The second-order valence-corrected chi connectivity index (χ2v) is 5.14. The van der Waals surface area contributed by atoms with Gasteiger partial charge in [-0.3, -0.25) is 19.4 Å². The Balaban J connectivity index is 1.84. The molecule has 1 saturated carbocycles. The van der Waals surface area contributed by atoms with Gasteiger partial charge in [-0.25, -0.2) is 0 Å². The molecule has 102 valence electrons. The van der Waals surface area contributed by atoms with Gasteiger partial charge in [0.1, 0.15) is 0 Å². The van der Waals surface area contributed by atoms with E-state index in [1.165, 1.54) is 30.6 Å². The molecule has 1 heterocycles. The average molecular weight is 254 g/mol. The summed E-state index contributed by atoms with van der Waals surface area (Å²) in [5.41, 5.74) is 0. The molecule has 0 aromatic heterocycles. The molecule has 0 unspecified atom stereocenters. The summed E-state index contributed by atoms with van der Waals surface area (Å²) in [5, 5.41) is 9.10. The number of carbonyl (C=O) groups excluding carboxylic acids is 2. The SMILES string of the molecule is O=C1CCC(=O)N1CCN(CCO)C1CCCC1. The molecular formula is C13H22N2O3. The summed E-state index contributed by atoms with van der Waals surface area (Å²) in [6.45, 7) is 1.95. The Bertz CT molecular complexity index is 297. The van der Waals surface area contributed by atoms with Crippen molar-refractivity contribution in [2.24, 2.45) is 0 Å².